The SMILES string of the molecule is c1ccc(N(c2ccccc2)c2ccc3c(c2)C2(c4ccccc4Oc4c2ccc2ccccc42)c2ccccc2-3)cc1. The van der Waals surface area contributed by atoms with Gasteiger partial charge in [0.1, 0.15) is 11.5 Å². The van der Waals surface area contributed by atoms with E-state index in [2.05, 4.69) is 169 Å². The zero-order chi connectivity index (χ0) is 28.4. The fraction of sp³-hybridized carbons (Fsp3) is 0.0244. The van der Waals surface area contributed by atoms with E-state index < -0.39 is 5.41 Å². The van der Waals surface area contributed by atoms with E-state index in [-0.39, 0.29) is 0 Å². The minimum Gasteiger partial charge on any atom is -0.456 e. The Kier molecular flexibility index (Phi) is 5.15. The van der Waals surface area contributed by atoms with E-state index in [4.69, 9.17) is 4.74 Å². The van der Waals surface area contributed by atoms with Crippen molar-refractivity contribution in [2.24, 2.45) is 0 Å². The van der Waals surface area contributed by atoms with Crippen LogP contribution in [0.1, 0.15) is 22.3 Å². The summed E-state index contributed by atoms with van der Waals surface area (Å²) in [5.41, 5.74) is 10.3. The third kappa shape index (κ3) is 3.35. The molecule has 1 aliphatic heterocycles. The zero-order valence-corrected chi connectivity index (χ0v) is 23.4. The van der Waals surface area contributed by atoms with Gasteiger partial charge in [0, 0.05) is 33.6 Å². The Morgan fingerprint density at radius 1 is 0.419 bits per heavy atom. The van der Waals surface area contributed by atoms with Gasteiger partial charge < -0.3 is 9.64 Å². The van der Waals surface area contributed by atoms with Crippen LogP contribution in [0, 0.1) is 0 Å². The van der Waals surface area contributed by atoms with Crippen molar-refractivity contribution < 1.29 is 4.74 Å². The molecule has 0 fully saturated rings. The number of hydrogen-bond donors (Lipinski definition) is 0. The van der Waals surface area contributed by atoms with Crippen LogP contribution in [-0.4, -0.2) is 0 Å². The number of rotatable bonds is 3. The third-order valence-corrected chi connectivity index (χ3v) is 9.10. The van der Waals surface area contributed by atoms with Crippen molar-refractivity contribution in [3.8, 4) is 22.6 Å². The summed E-state index contributed by atoms with van der Waals surface area (Å²) in [6.07, 6.45) is 0. The van der Waals surface area contributed by atoms with Gasteiger partial charge >= 0.3 is 0 Å². The summed E-state index contributed by atoms with van der Waals surface area (Å²) in [5.74, 6) is 1.84. The number of anilines is 3. The van der Waals surface area contributed by atoms with E-state index in [1.165, 1.54) is 38.8 Å². The molecular formula is C41H27NO. The van der Waals surface area contributed by atoms with Crippen LogP contribution in [0.3, 0.4) is 0 Å². The molecule has 2 aliphatic rings. The molecule has 1 aliphatic carbocycles. The number of hydrogen-bond acceptors (Lipinski definition) is 2. The van der Waals surface area contributed by atoms with Crippen molar-refractivity contribution in [3.63, 3.8) is 0 Å². The van der Waals surface area contributed by atoms with Gasteiger partial charge in [-0.3, -0.25) is 0 Å². The fourth-order valence-corrected chi connectivity index (χ4v) is 7.36. The van der Waals surface area contributed by atoms with Crippen molar-refractivity contribution in [3.05, 3.63) is 186 Å². The first-order valence-corrected chi connectivity index (χ1v) is 14.8. The maximum absolute atomic E-state index is 6.81. The van der Waals surface area contributed by atoms with Crippen LogP contribution in [0.4, 0.5) is 17.1 Å². The summed E-state index contributed by atoms with van der Waals surface area (Å²) in [6, 6.07) is 58.8. The standard InChI is InChI=1S/C41H27NO/c1-3-14-29(15-4-1)42(30-16-5-2-6-17-30)31-24-25-34-33-19-9-10-20-35(33)41(38(34)27-31)36-21-11-12-22-39(36)43-40-32-18-8-7-13-28(32)23-26-37(40)41/h1-27H. The van der Waals surface area contributed by atoms with Gasteiger partial charge in [-0.2, -0.15) is 0 Å². The molecule has 9 rings (SSSR count). The van der Waals surface area contributed by atoms with Gasteiger partial charge in [-0.05, 0) is 70.1 Å². The van der Waals surface area contributed by atoms with Crippen LogP contribution in [0.15, 0.2) is 164 Å². The first-order chi connectivity index (χ1) is 21.3. The number of benzene rings is 7. The van der Waals surface area contributed by atoms with Gasteiger partial charge in [-0.1, -0.05) is 121 Å². The Labute approximate surface area is 251 Å². The average molecular weight is 550 g/mol. The van der Waals surface area contributed by atoms with E-state index in [0.717, 1.165) is 33.9 Å². The molecule has 0 saturated heterocycles. The third-order valence-electron chi connectivity index (χ3n) is 9.10. The van der Waals surface area contributed by atoms with Gasteiger partial charge in [0.05, 0.1) is 5.41 Å². The minimum atomic E-state index is -0.533. The van der Waals surface area contributed by atoms with E-state index >= 15 is 0 Å². The molecule has 0 saturated carbocycles. The van der Waals surface area contributed by atoms with Crippen LogP contribution in [-0.2, 0) is 5.41 Å². The van der Waals surface area contributed by atoms with Crippen LogP contribution in [0.2, 0.25) is 0 Å². The van der Waals surface area contributed by atoms with Crippen molar-refractivity contribution in [1.82, 2.24) is 0 Å². The first kappa shape index (κ1) is 24.0. The molecule has 0 amide bonds. The maximum atomic E-state index is 6.81. The van der Waals surface area contributed by atoms with Gasteiger partial charge in [-0.15, -0.1) is 0 Å². The Morgan fingerprint density at radius 3 is 1.84 bits per heavy atom. The van der Waals surface area contributed by atoms with Crippen molar-refractivity contribution in [2.45, 2.75) is 5.41 Å². The minimum absolute atomic E-state index is 0.533. The monoisotopic (exact) mass is 549 g/mol. The van der Waals surface area contributed by atoms with Crippen molar-refractivity contribution >= 4 is 27.8 Å². The Balaban J connectivity index is 1.40. The van der Waals surface area contributed by atoms with E-state index in [1.54, 1.807) is 0 Å². The summed E-state index contributed by atoms with van der Waals surface area (Å²) in [6.45, 7) is 0. The number of fused-ring (bicyclic) bond motifs is 11. The van der Waals surface area contributed by atoms with Crippen LogP contribution in [0.5, 0.6) is 11.5 Å². The Bertz CT molecular complexity index is 2130. The lowest BCUT2D eigenvalue weighted by Crippen LogP contribution is -2.32. The molecule has 43 heavy (non-hydrogen) atoms. The lowest BCUT2D eigenvalue weighted by atomic mass is 9.65. The smallest absolute Gasteiger partial charge is 0.140 e. The molecular weight excluding hydrogens is 522 g/mol. The molecule has 7 aromatic rings. The van der Waals surface area contributed by atoms with Gasteiger partial charge in [0.25, 0.3) is 0 Å². The average Bonchev–Trinajstić information content (AvgIpc) is 3.36. The molecule has 202 valence electrons. The second-order valence-electron chi connectivity index (χ2n) is 11.3. The summed E-state index contributed by atoms with van der Waals surface area (Å²) < 4.78 is 6.81. The first-order valence-electron chi connectivity index (χ1n) is 14.8. The highest BCUT2D eigenvalue weighted by atomic mass is 16.5. The van der Waals surface area contributed by atoms with Gasteiger partial charge in [0.2, 0.25) is 0 Å². The van der Waals surface area contributed by atoms with E-state index in [0.29, 0.717) is 0 Å². The molecule has 0 aromatic heterocycles. The summed E-state index contributed by atoms with van der Waals surface area (Å²) in [4.78, 5) is 2.35. The second kappa shape index (κ2) is 9.20. The summed E-state index contributed by atoms with van der Waals surface area (Å²) >= 11 is 0. The lowest BCUT2D eigenvalue weighted by molar-refractivity contribution is 0.441. The van der Waals surface area contributed by atoms with E-state index in [1.807, 2.05) is 0 Å². The highest BCUT2D eigenvalue weighted by Crippen LogP contribution is 2.63. The fourth-order valence-electron chi connectivity index (χ4n) is 7.36. The molecule has 1 atom stereocenters. The molecule has 1 spiro atoms. The molecule has 0 bridgehead atoms. The van der Waals surface area contributed by atoms with Crippen LogP contribution < -0.4 is 9.64 Å². The topological polar surface area (TPSA) is 12.5 Å². The molecule has 7 aromatic carbocycles. The highest BCUT2D eigenvalue weighted by molar-refractivity contribution is 5.96. The van der Waals surface area contributed by atoms with Crippen molar-refractivity contribution in [1.29, 1.82) is 0 Å². The maximum Gasteiger partial charge on any atom is 0.140 e. The predicted octanol–water partition coefficient (Wildman–Crippen LogP) is 10.8. The van der Waals surface area contributed by atoms with Crippen molar-refractivity contribution in [2.75, 3.05) is 4.90 Å². The Morgan fingerprint density at radius 2 is 1.05 bits per heavy atom. The normalized spacial score (nSPS) is 15.7. The Hall–Kier alpha value is -5.60. The molecule has 0 radical (unpaired) electrons. The van der Waals surface area contributed by atoms with E-state index in [9.17, 15) is 0 Å². The van der Waals surface area contributed by atoms with Gasteiger partial charge in [0.15, 0.2) is 0 Å². The molecule has 1 unspecified atom stereocenters. The number of nitrogens with zero attached hydrogens (tertiary/aromatic N) is 1. The quantitative estimate of drug-likeness (QED) is 0.217. The molecule has 2 nitrogen and oxygen atoms in total. The number of para-hydroxylation sites is 3. The van der Waals surface area contributed by atoms with Crippen LogP contribution >= 0.6 is 0 Å². The largest absolute Gasteiger partial charge is 0.456 e. The number of ether oxygens (including phenoxy) is 1. The molecule has 1 heterocycles. The second-order valence-corrected chi connectivity index (χ2v) is 11.3. The zero-order valence-electron chi connectivity index (χ0n) is 23.4. The van der Waals surface area contributed by atoms with Crippen LogP contribution in [0.25, 0.3) is 21.9 Å². The molecule has 2 heteroatoms. The van der Waals surface area contributed by atoms with Gasteiger partial charge in [-0.25, -0.2) is 0 Å². The summed E-state index contributed by atoms with van der Waals surface area (Å²) in [7, 11) is 0. The summed E-state index contributed by atoms with van der Waals surface area (Å²) in [5, 5.41) is 2.31. The highest BCUT2D eigenvalue weighted by Gasteiger charge is 2.51. The molecule has 0 N–H and O–H groups in total. The predicted molar refractivity (Wildman–Crippen MR) is 176 cm³/mol. The lowest BCUT2D eigenvalue weighted by Gasteiger charge is -2.40.